The van der Waals surface area contributed by atoms with Gasteiger partial charge in [-0.15, -0.1) is 16.4 Å². The van der Waals surface area contributed by atoms with Crippen LogP contribution in [-0.2, 0) is 16.1 Å². The van der Waals surface area contributed by atoms with Crippen LogP contribution in [0.2, 0.25) is 0 Å². The zero-order valence-electron chi connectivity index (χ0n) is 16.5. The van der Waals surface area contributed by atoms with Gasteiger partial charge in [0.05, 0.1) is 16.2 Å². The predicted molar refractivity (Wildman–Crippen MR) is 114 cm³/mol. The van der Waals surface area contributed by atoms with Crippen molar-refractivity contribution in [3.05, 3.63) is 34.3 Å². The zero-order chi connectivity index (χ0) is 20.8. The summed E-state index contributed by atoms with van der Waals surface area (Å²) >= 11 is 2.81. The van der Waals surface area contributed by atoms with Crippen molar-refractivity contribution < 1.29 is 9.53 Å². The monoisotopic (exact) mass is 430 g/mol. The number of nitrogens with zero attached hydrogens (tertiary/aromatic N) is 4. The first-order chi connectivity index (χ1) is 14.0. The van der Waals surface area contributed by atoms with Crippen LogP contribution in [0.25, 0.3) is 10.7 Å². The number of aromatic nitrogens is 4. The number of hydrogen-bond acceptors (Lipinski definition) is 7. The van der Waals surface area contributed by atoms with Crippen molar-refractivity contribution in [1.82, 2.24) is 19.7 Å². The number of nitrogens with one attached hydrogen (secondary N) is 2. The molecule has 0 aromatic carbocycles. The van der Waals surface area contributed by atoms with Crippen LogP contribution in [0.15, 0.2) is 22.7 Å². The highest BCUT2D eigenvalue weighted by atomic mass is 32.2. The van der Waals surface area contributed by atoms with Crippen LogP contribution < -0.4 is 5.32 Å². The summed E-state index contributed by atoms with van der Waals surface area (Å²) in [5, 5.41) is 22.0. The fourth-order valence-corrected chi connectivity index (χ4v) is 4.17. The maximum atomic E-state index is 12.5. The third-order valence-corrected chi connectivity index (χ3v) is 6.20. The van der Waals surface area contributed by atoms with Gasteiger partial charge in [-0.2, -0.15) is 5.26 Å². The Balaban J connectivity index is 1.67. The quantitative estimate of drug-likeness (QED) is 0.397. The van der Waals surface area contributed by atoms with Crippen molar-refractivity contribution in [2.75, 3.05) is 24.8 Å². The van der Waals surface area contributed by atoms with Crippen LogP contribution in [0.3, 0.4) is 0 Å². The summed E-state index contributed by atoms with van der Waals surface area (Å²) in [4.78, 5) is 17.9. The highest BCUT2D eigenvalue weighted by Gasteiger charge is 2.20. The van der Waals surface area contributed by atoms with Gasteiger partial charge in [-0.25, -0.2) is 4.98 Å². The van der Waals surface area contributed by atoms with E-state index >= 15 is 0 Å². The molecule has 0 saturated heterocycles. The molecule has 0 spiro atoms. The molecule has 0 atom stereocenters. The maximum Gasteiger partial charge on any atom is 0.235 e. The average molecular weight is 431 g/mol. The fraction of sp³-hybridized carbons (Fsp3) is 0.368. The van der Waals surface area contributed by atoms with Crippen molar-refractivity contribution in [2.24, 2.45) is 0 Å². The van der Waals surface area contributed by atoms with Crippen LogP contribution >= 0.6 is 23.1 Å². The lowest BCUT2D eigenvalue weighted by Gasteiger charge is -2.12. The van der Waals surface area contributed by atoms with E-state index < -0.39 is 0 Å². The molecule has 3 aromatic rings. The van der Waals surface area contributed by atoms with Gasteiger partial charge in [0.25, 0.3) is 0 Å². The van der Waals surface area contributed by atoms with Crippen LogP contribution in [0, 0.1) is 25.2 Å². The minimum atomic E-state index is -0.209. The lowest BCUT2D eigenvalue weighted by molar-refractivity contribution is -0.113. The first kappa shape index (κ1) is 21.1. The Morgan fingerprint density at radius 1 is 1.48 bits per heavy atom. The van der Waals surface area contributed by atoms with Gasteiger partial charge in [0.1, 0.15) is 11.9 Å². The molecule has 0 aliphatic rings. The van der Waals surface area contributed by atoms with Gasteiger partial charge < -0.3 is 14.6 Å². The van der Waals surface area contributed by atoms with E-state index in [-0.39, 0.29) is 11.7 Å². The molecule has 0 unspecified atom stereocenters. The van der Waals surface area contributed by atoms with E-state index in [4.69, 9.17) is 4.74 Å². The Morgan fingerprint density at radius 2 is 2.31 bits per heavy atom. The summed E-state index contributed by atoms with van der Waals surface area (Å²) in [6.07, 6.45) is 0.788. The van der Waals surface area contributed by atoms with E-state index in [1.807, 2.05) is 35.9 Å². The molecule has 2 N–H and O–H groups in total. The van der Waals surface area contributed by atoms with Gasteiger partial charge in [-0.3, -0.25) is 9.89 Å². The van der Waals surface area contributed by atoms with Crippen LogP contribution in [0.4, 0.5) is 5.82 Å². The molecule has 0 saturated carbocycles. The normalized spacial score (nSPS) is 10.8. The third-order valence-electron chi connectivity index (χ3n) is 4.48. The average Bonchev–Trinajstić information content (AvgIpc) is 3.44. The second-order valence-corrected chi connectivity index (χ2v) is 8.21. The molecular formula is C19H22N6O2S2. The molecule has 0 bridgehead atoms. The first-order valence-corrected chi connectivity index (χ1v) is 10.9. The van der Waals surface area contributed by atoms with Gasteiger partial charge in [-0.1, -0.05) is 17.8 Å². The molecule has 0 aliphatic carbocycles. The summed E-state index contributed by atoms with van der Waals surface area (Å²) in [5.74, 6) is 1.17. The van der Waals surface area contributed by atoms with E-state index in [0.717, 1.165) is 22.6 Å². The van der Waals surface area contributed by atoms with Gasteiger partial charge in [-0.05, 0) is 37.3 Å². The smallest absolute Gasteiger partial charge is 0.235 e. The molecule has 0 aliphatic heterocycles. The molecule has 8 nitrogen and oxygen atoms in total. The van der Waals surface area contributed by atoms with Gasteiger partial charge in [0.15, 0.2) is 5.82 Å². The molecule has 1 amide bonds. The highest BCUT2D eigenvalue weighted by molar-refractivity contribution is 7.99. The van der Waals surface area contributed by atoms with Crippen molar-refractivity contribution in [3.63, 3.8) is 0 Å². The van der Waals surface area contributed by atoms with Crippen LogP contribution in [-0.4, -0.2) is 45.1 Å². The number of carbonyl (C=O) groups is 1. The Kier molecular flexibility index (Phi) is 7.09. The SMILES string of the molecule is COCCCn1c(C)c(C)c(C#N)c1NC(=O)CSc1n[nH]c(-c2cccs2)n1. The number of H-pyrrole nitrogens is 1. The number of anilines is 1. The number of aromatic amines is 1. The maximum absolute atomic E-state index is 12.5. The third kappa shape index (κ3) is 4.87. The number of ether oxygens (including phenoxy) is 1. The summed E-state index contributed by atoms with van der Waals surface area (Å²) in [6.45, 7) is 5.12. The van der Waals surface area contributed by atoms with E-state index in [9.17, 15) is 10.1 Å². The summed E-state index contributed by atoms with van der Waals surface area (Å²) in [5.41, 5.74) is 2.34. The van der Waals surface area contributed by atoms with E-state index in [0.29, 0.717) is 35.5 Å². The van der Waals surface area contributed by atoms with E-state index in [1.54, 1.807) is 18.4 Å². The van der Waals surface area contributed by atoms with E-state index in [1.165, 1.54) is 11.8 Å². The number of rotatable bonds is 9. The molecule has 10 heteroatoms. The number of hydrogen-bond donors (Lipinski definition) is 2. The minimum absolute atomic E-state index is 0.147. The van der Waals surface area contributed by atoms with Crippen molar-refractivity contribution in [3.8, 4) is 16.8 Å². The lowest BCUT2D eigenvalue weighted by Crippen LogP contribution is -2.18. The Labute approximate surface area is 177 Å². The molecule has 0 radical (unpaired) electrons. The van der Waals surface area contributed by atoms with Crippen LogP contribution in [0.5, 0.6) is 0 Å². The Morgan fingerprint density at radius 3 is 3.00 bits per heavy atom. The van der Waals surface area contributed by atoms with Crippen molar-refractivity contribution >= 4 is 34.8 Å². The Hall–Kier alpha value is -2.61. The molecule has 152 valence electrons. The second kappa shape index (κ2) is 9.73. The van der Waals surface area contributed by atoms with Crippen molar-refractivity contribution in [1.29, 1.82) is 5.26 Å². The molecule has 29 heavy (non-hydrogen) atoms. The van der Waals surface area contributed by atoms with Gasteiger partial charge in [0.2, 0.25) is 11.1 Å². The van der Waals surface area contributed by atoms with E-state index in [2.05, 4.69) is 26.6 Å². The Bertz CT molecular complexity index is 1020. The lowest BCUT2D eigenvalue weighted by atomic mass is 10.2. The van der Waals surface area contributed by atoms with Crippen LogP contribution in [0.1, 0.15) is 23.2 Å². The molecule has 0 fully saturated rings. The number of nitriles is 1. The topological polar surface area (TPSA) is 109 Å². The molecular weight excluding hydrogens is 408 g/mol. The zero-order valence-corrected chi connectivity index (χ0v) is 18.1. The minimum Gasteiger partial charge on any atom is -0.385 e. The summed E-state index contributed by atoms with van der Waals surface area (Å²) < 4.78 is 7.09. The number of amides is 1. The number of thiophene rings is 1. The highest BCUT2D eigenvalue weighted by Crippen LogP contribution is 2.27. The first-order valence-electron chi connectivity index (χ1n) is 9.02. The second-order valence-electron chi connectivity index (χ2n) is 6.32. The standard InChI is InChI=1S/C19H22N6O2S2/c1-12-13(2)25(7-5-8-27-3)18(14(12)10-20)21-16(26)11-29-19-22-17(23-24-19)15-6-4-9-28-15/h4,6,9H,5,7-8,11H2,1-3H3,(H,21,26)(H,22,23,24). The number of methoxy groups -OCH3 is 1. The van der Waals surface area contributed by atoms with Gasteiger partial charge in [0, 0.05) is 26.0 Å². The largest absolute Gasteiger partial charge is 0.385 e. The summed E-state index contributed by atoms with van der Waals surface area (Å²) in [6, 6.07) is 6.11. The number of thioether (sulfide) groups is 1. The summed E-state index contributed by atoms with van der Waals surface area (Å²) in [7, 11) is 1.65. The molecule has 3 heterocycles. The van der Waals surface area contributed by atoms with Crippen molar-refractivity contribution in [2.45, 2.75) is 32.0 Å². The molecule has 3 aromatic heterocycles. The molecule has 3 rings (SSSR count). The predicted octanol–water partition coefficient (Wildman–Crippen LogP) is 3.59. The van der Waals surface area contributed by atoms with Gasteiger partial charge >= 0.3 is 0 Å². The fourth-order valence-electron chi connectivity index (χ4n) is 2.91. The number of carbonyl (C=O) groups excluding carboxylic acids is 1.